The number of ether oxygens (including phenoxy) is 4. The minimum atomic E-state index is -4.25. The molecule has 0 radical (unpaired) electrons. The number of pyridine rings is 2. The molecular formula is C42H40N2O8S2. The summed E-state index contributed by atoms with van der Waals surface area (Å²) in [5, 5.41) is 0. The fraction of sp³-hybridized carbons (Fsp3) is 0.167. The van der Waals surface area contributed by atoms with E-state index in [9.17, 15) is 17.8 Å². The van der Waals surface area contributed by atoms with E-state index in [0.29, 0.717) is 19.0 Å². The maximum absolute atomic E-state index is 12.1. The van der Waals surface area contributed by atoms with E-state index in [1.54, 1.807) is 30.9 Å². The van der Waals surface area contributed by atoms with Crippen molar-refractivity contribution in [1.82, 2.24) is 9.97 Å². The number of carbonyl (C=O) groups excluding carboxylic acids is 1. The predicted molar refractivity (Wildman–Crippen MR) is 204 cm³/mol. The van der Waals surface area contributed by atoms with Crippen LogP contribution >= 0.6 is 0 Å². The van der Waals surface area contributed by atoms with Crippen LogP contribution in [0.3, 0.4) is 0 Å². The van der Waals surface area contributed by atoms with Gasteiger partial charge in [-0.3, -0.25) is 9.97 Å². The summed E-state index contributed by atoms with van der Waals surface area (Å²) in [4.78, 5) is 23.4. The molecule has 0 aliphatic carbocycles. The van der Waals surface area contributed by atoms with Crippen LogP contribution in [0.1, 0.15) is 31.9 Å². The number of hydrogen-bond donors (Lipinski definition) is 0. The summed E-state index contributed by atoms with van der Waals surface area (Å²) in [6, 6.07) is 39.2. The van der Waals surface area contributed by atoms with Crippen LogP contribution in [0.5, 0.6) is 17.2 Å². The molecule has 0 N–H and O–H groups in total. The van der Waals surface area contributed by atoms with Crippen molar-refractivity contribution >= 4 is 27.0 Å². The number of hydrogen-bond acceptors (Lipinski definition) is 10. The highest BCUT2D eigenvalue weighted by Gasteiger charge is 2.29. The molecule has 278 valence electrons. The zero-order chi connectivity index (χ0) is 38.4. The number of nitrogens with zero attached hydrogens (tertiary/aromatic N) is 2. The van der Waals surface area contributed by atoms with E-state index in [1.807, 2.05) is 93.6 Å². The van der Waals surface area contributed by atoms with Gasteiger partial charge in [-0.25, -0.2) is 13.2 Å². The SMILES string of the molecule is CC(C)(C)OC(=O)COc1ccc([S+](c2ccc(OCc3ccncc3)cc2)c2ccc(OCc3ccncc3)cc2)cc1.O=S(=O)([O-])c1ccccc1. The van der Waals surface area contributed by atoms with Gasteiger partial charge >= 0.3 is 5.97 Å². The molecule has 0 saturated carbocycles. The fourth-order valence-electron chi connectivity index (χ4n) is 4.82. The van der Waals surface area contributed by atoms with Crippen LogP contribution in [0.2, 0.25) is 0 Å². The average Bonchev–Trinajstić information content (AvgIpc) is 3.17. The van der Waals surface area contributed by atoms with Gasteiger partial charge in [-0.05, 0) is 141 Å². The molecule has 0 spiro atoms. The molecule has 0 saturated heterocycles. The highest BCUT2D eigenvalue weighted by molar-refractivity contribution is 7.97. The number of esters is 1. The molecule has 4 aromatic carbocycles. The van der Waals surface area contributed by atoms with Crippen LogP contribution in [0, 0.1) is 0 Å². The molecule has 0 atom stereocenters. The van der Waals surface area contributed by atoms with Crippen LogP contribution < -0.4 is 14.2 Å². The van der Waals surface area contributed by atoms with E-state index in [0.717, 1.165) is 37.3 Å². The smallest absolute Gasteiger partial charge is 0.344 e. The maximum atomic E-state index is 12.1. The van der Waals surface area contributed by atoms with Gasteiger partial charge in [-0.2, -0.15) is 0 Å². The van der Waals surface area contributed by atoms with E-state index < -0.39 is 32.6 Å². The summed E-state index contributed by atoms with van der Waals surface area (Å²) >= 11 is 0. The van der Waals surface area contributed by atoms with Crippen LogP contribution in [0.25, 0.3) is 0 Å². The number of aromatic nitrogens is 2. The molecule has 6 aromatic rings. The molecule has 0 unspecified atom stereocenters. The largest absolute Gasteiger partial charge is 0.744 e. The first kappa shape index (κ1) is 39.5. The Kier molecular flexibility index (Phi) is 13.8. The van der Waals surface area contributed by atoms with Gasteiger partial charge in [0.1, 0.15) is 46.2 Å². The second kappa shape index (κ2) is 18.9. The third-order valence-electron chi connectivity index (χ3n) is 7.30. The van der Waals surface area contributed by atoms with Crippen LogP contribution in [-0.4, -0.2) is 41.1 Å². The van der Waals surface area contributed by atoms with E-state index >= 15 is 0 Å². The van der Waals surface area contributed by atoms with Gasteiger partial charge in [0.25, 0.3) is 0 Å². The van der Waals surface area contributed by atoms with Crippen LogP contribution in [-0.2, 0) is 43.8 Å². The molecule has 2 aromatic heterocycles. The first-order valence-corrected chi connectivity index (χ1v) is 19.5. The summed E-state index contributed by atoms with van der Waals surface area (Å²) < 4.78 is 53.9. The van der Waals surface area contributed by atoms with Crippen molar-refractivity contribution in [3.63, 3.8) is 0 Å². The summed E-state index contributed by atoms with van der Waals surface area (Å²) in [7, 11) is -4.67. The molecule has 10 nitrogen and oxygen atoms in total. The van der Waals surface area contributed by atoms with Crippen LogP contribution in [0.4, 0.5) is 0 Å². The van der Waals surface area contributed by atoms with Gasteiger partial charge in [0.05, 0.1) is 15.8 Å². The Bertz CT molecular complexity index is 2060. The normalized spacial score (nSPS) is 11.2. The van der Waals surface area contributed by atoms with Crippen molar-refractivity contribution in [3.8, 4) is 17.2 Å². The first-order chi connectivity index (χ1) is 25.9. The third-order valence-corrected chi connectivity index (χ3v) is 10.4. The average molecular weight is 765 g/mol. The van der Waals surface area contributed by atoms with E-state index in [4.69, 9.17) is 18.9 Å². The molecule has 0 amide bonds. The van der Waals surface area contributed by atoms with E-state index in [-0.39, 0.29) is 11.5 Å². The van der Waals surface area contributed by atoms with Gasteiger partial charge < -0.3 is 23.5 Å². The molecule has 6 rings (SSSR count). The Morgan fingerprint density at radius 2 is 0.981 bits per heavy atom. The van der Waals surface area contributed by atoms with Gasteiger partial charge in [-0.1, -0.05) is 18.2 Å². The third kappa shape index (κ3) is 12.8. The molecule has 0 aliphatic rings. The summed E-state index contributed by atoms with van der Waals surface area (Å²) in [5.74, 6) is 1.78. The number of rotatable bonds is 13. The van der Waals surface area contributed by atoms with Gasteiger partial charge in [0.2, 0.25) is 0 Å². The Morgan fingerprint density at radius 1 is 0.593 bits per heavy atom. The highest BCUT2D eigenvalue weighted by atomic mass is 32.2. The molecule has 0 fully saturated rings. The quantitative estimate of drug-likeness (QED) is 0.0646. The van der Waals surface area contributed by atoms with Crippen molar-refractivity contribution < 1.29 is 36.7 Å². The second-order valence-corrected chi connectivity index (χ2v) is 16.1. The second-order valence-electron chi connectivity index (χ2n) is 12.7. The molecule has 54 heavy (non-hydrogen) atoms. The molecule has 2 heterocycles. The Hall–Kier alpha value is -5.69. The van der Waals surface area contributed by atoms with Crippen molar-refractivity contribution in [1.29, 1.82) is 0 Å². The van der Waals surface area contributed by atoms with Crippen molar-refractivity contribution in [2.45, 2.75) is 59.2 Å². The zero-order valence-electron chi connectivity index (χ0n) is 30.0. The van der Waals surface area contributed by atoms with Crippen LogP contribution in [0.15, 0.2) is 172 Å². The minimum absolute atomic E-state index is 0.149. The predicted octanol–water partition coefficient (Wildman–Crippen LogP) is 8.04. The zero-order valence-corrected chi connectivity index (χ0v) is 31.7. The summed E-state index contributed by atoms with van der Waals surface area (Å²) in [6.07, 6.45) is 7.04. The van der Waals surface area contributed by atoms with Crippen molar-refractivity contribution in [3.05, 3.63) is 163 Å². The Morgan fingerprint density at radius 3 is 1.33 bits per heavy atom. The van der Waals surface area contributed by atoms with E-state index in [1.165, 1.54) is 24.3 Å². The lowest BCUT2D eigenvalue weighted by Gasteiger charge is -2.19. The molecular weight excluding hydrogens is 725 g/mol. The highest BCUT2D eigenvalue weighted by Crippen LogP contribution is 2.34. The first-order valence-electron chi connectivity index (χ1n) is 16.9. The van der Waals surface area contributed by atoms with E-state index in [2.05, 4.69) is 34.2 Å². The lowest BCUT2D eigenvalue weighted by Crippen LogP contribution is -2.27. The van der Waals surface area contributed by atoms with Crippen molar-refractivity contribution in [2.75, 3.05) is 6.61 Å². The summed E-state index contributed by atoms with van der Waals surface area (Å²) in [5.41, 5.74) is 1.56. The maximum Gasteiger partial charge on any atom is 0.344 e. The standard InChI is InChI=1S/C36H35N2O5S.C6H6O3S/c1-36(2,3)43-35(39)26-42-31-8-14-34(15-9-31)44(32-10-4-29(5-11-32)40-24-27-16-20-37-21-17-27)33-12-6-30(7-13-33)41-25-28-18-22-38-23-19-28;7-10(8,9)6-4-2-1-3-5-6/h4-23H,24-26H2,1-3H3;1-5H,(H,7,8,9)/q+1;/p-1. The summed E-state index contributed by atoms with van der Waals surface area (Å²) in [6.45, 7) is 6.29. The molecule has 12 heteroatoms. The lowest BCUT2D eigenvalue weighted by atomic mass is 10.2. The van der Waals surface area contributed by atoms with Gasteiger partial charge in [0.15, 0.2) is 21.3 Å². The Balaban J connectivity index is 0.000000486. The number of benzene rings is 4. The fourth-order valence-corrected chi connectivity index (χ4v) is 7.35. The Labute approximate surface area is 318 Å². The van der Waals surface area contributed by atoms with Gasteiger partial charge in [-0.15, -0.1) is 0 Å². The molecule has 0 bridgehead atoms. The topological polar surface area (TPSA) is 137 Å². The van der Waals surface area contributed by atoms with Crippen molar-refractivity contribution in [2.24, 2.45) is 0 Å². The lowest BCUT2D eigenvalue weighted by molar-refractivity contribution is -0.157. The minimum Gasteiger partial charge on any atom is -0.744 e. The van der Waals surface area contributed by atoms with Gasteiger partial charge in [0, 0.05) is 24.8 Å². The number of carbonyl (C=O) groups is 1. The molecule has 0 aliphatic heterocycles. The monoisotopic (exact) mass is 764 g/mol.